The zero-order valence-corrected chi connectivity index (χ0v) is 7.95. The molecule has 0 spiro atoms. The van der Waals surface area contributed by atoms with Crippen LogP contribution in [0.2, 0.25) is 0 Å². The summed E-state index contributed by atoms with van der Waals surface area (Å²) in [7, 11) is 0. The number of aromatic nitrogens is 5. The van der Waals surface area contributed by atoms with Crippen molar-refractivity contribution in [1.29, 1.82) is 0 Å². The van der Waals surface area contributed by atoms with Crippen LogP contribution < -0.4 is 10.5 Å². The standard InChI is InChI=1S/C8H10N6O/c9-5-3-6(4-5)15-8-2-1-7-10-12-13-14(7)11-8/h1-2,5-6H,3-4,9H2. The number of rotatable bonds is 2. The highest BCUT2D eigenvalue weighted by atomic mass is 16.5. The lowest BCUT2D eigenvalue weighted by Gasteiger charge is -2.31. The van der Waals surface area contributed by atoms with Gasteiger partial charge >= 0.3 is 0 Å². The fraction of sp³-hybridized carbons (Fsp3) is 0.500. The lowest BCUT2D eigenvalue weighted by Crippen LogP contribution is -2.43. The van der Waals surface area contributed by atoms with Gasteiger partial charge in [0.15, 0.2) is 5.65 Å². The number of hydrogen-bond donors (Lipinski definition) is 1. The molecule has 0 aliphatic heterocycles. The van der Waals surface area contributed by atoms with Gasteiger partial charge in [-0.15, -0.1) is 14.8 Å². The first kappa shape index (κ1) is 8.54. The molecule has 1 aliphatic rings. The Hall–Kier alpha value is -1.76. The highest BCUT2D eigenvalue weighted by molar-refractivity contribution is 5.34. The molecule has 1 aliphatic carbocycles. The SMILES string of the molecule is NC1CC(Oc2ccc3nnnn3n2)C1. The number of nitrogens with two attached hydrogens (primary N) is 1. The van der Waals surface area contributed by atoms with Crippen LogP contribution in [0.25, 0.3) is 5.65 Å². The van der Waals surface area contributed by atoms with E-state index in [2.05, 4.69) is 20.6 Å². The molecule has 0 aromatic carbocycles. The second-order valence-electron chi connectivity index (χ2n) is 3.67. The topological polar surface area (TPSA) is 91.2 Å². The molecule has 0 radical (unpaired) electrons. The monoisotopic (exact) mass is 206 g/mol. The summed E-state index contributed by atoms with van der Waals surface area (Å²) in [5, 5.41) is 15.0. The molecule has 2 aromatic heterocycles. The van der Waals surface area contributed by atoms with Crippen LogP contribution in [0.4, 0.5) is 0 Å². The summed E-state index contributed by atoms with van der Waals surface area (Å²) in [4.78, 5) is 0. The van der Waals surface area contributed by atoms with Gasteiger partial charge in [-0.25, -0.2) is 0 Å². The molecule has 0 amide bonds. The molecular formula is C8H10N6O. The highest BCUT2D eigenvalue weighted by Gasteiger charge is 2.28. The summed E-state index contributed by atoms with van der Waals surface area (Å²) in [5.41, 5.74) is 6.26. The Morgan fingerprint density at radius 3 is 3.07 bits per heavy atom. The summed E-state index contributed by atoms with van der Waals surface area (Å²) in [5.74, 6) is 0.534. The maximum Gasteiger partial charge on any atom is 0.233 e. The first-order valence-electron chi connectivity index (χ1n) is 4.79. The van der Waals surface area contributed by atoms with Crippen LogP contribution in [0.1, 0.15) is 12.8 Å². The van der Waals surface area contributed by atoms with E-state index in [-0.39, 0.29) is 12.1 Å². The minimum absolute atomic E-state index is 0.182. The summed E-state index contributed by atoms with van der Waals surface area (Å²) < 4.78 is 6.93. The molecule has 7 nitrogen and oxygen atoms in total. The van der Waals surface area contributed by atoms with Gasteiger partial charge in [-0.2, -0.15) is 0 Å². The van der Waals surface area contributed by atoms with Gasteiger partial charge in [0.2, 0.25) is 5.88 Å². The van der Waals surface area contributed by atoms with Gasteiger partial charge in [0.1, 0.15) is 6.10 Å². The third kappa shape index (κ3) is 1.50. The molecular weight excluding hydrogens is 196 g/mol. The summed E-state index contributed by atoms with van der Waals surface area (Å²) in [6, 6.07) is 3.79. The highest BCUT2D eigenvalue weighted by Crippen LogP contribution is 2.22. The molecule has 2 heterocycles. The summed E-state index contributed by atoms with van der Waals surface area (Å²) in [6.45, 7) is 0. The molecule has 0 saturated heterocycles. The van der Waals surface area contributed by atoms with Crippen LogP contribution >= 0.6 is 0 Å². The molecule has 0 unspecified atom stereocenters. The van der Waals surface area contributed by atoms with E-state index in [9.17, 15) is 0 Å². The normalized spacial score (nSPS) is 25.1. The Morgan fingerprint density at radius 1 is 1.40 bits per heavy atom. The fourth-order valence-electron chi connectivity index (χ4n) is 1.57. The van der Waals surface area contributed by atoms with Gasteiger partial charge in [-0.1, -0.05) is 0 Å². The van der Waals surface area contributed by atoms with E-state index in [0.717, 1.165) is 12.8 Å². The van der Waals surface area contributed by atoms with E-state index in [1.807, 2.05) is 0 Å². The van der Waals surface area contributed by atoms with Gasteiger partial charge in [-0.3, -0.25) is 0 Å². The van der Waals surface area contributed by atoms with Gasteiger partial charge in [0.05, 0.1) is 0 Å². The van der Waals surface area contributed by atoms with Crippen LogP contribution in [0.15, 0.2) is 12.1 Å². The zero-order valence-electron chi connectivity index (χ0n) is 7.95. The van der Waals surface area contributed by atoms with Crippen molar-refractivity contribution >= 4 is 5.65 Å². The average molecular weight is 206 g/mol. The molecule has 7 heteroatoms. The lowest BCUT2D eigenvalue weighted by atomic mass is 9.90. The Morgan fingerprint density at radius 2 is 2.27 bits per heavy atom. The third-order valence-corrected chi connectivity index (χ3v) is 2.46. The van der Waals surface area contributed by atoms with Crippen molar-refractivity contribution in [1.82, 2.24) is 25.3 Å². The molecule has 1 fully saturated rings. The molecule has 0 bridgehead atoms. The third-order valence-electron chi connectivity index (χ3n) is 2.46. The smallest absolute Gasteiger partial charge is 0.233 e. The van der Waals surface area contributed by atoms with Crippen molar-refractivity contribution in [3.63, 3.8) is 0 Å². The minimum Gasteiger partial charge on any atom is -0.473 e. The molecule has 15 heavy (non-hydrogen) atoms. The van der Waals surface area contributed by atoms with Crippen molar-refractivity contribution in [3.05, 3.63) is 12.1 Å². The largest absolute Gasteiger partial charge is 0.473 e. The lowest BCUT2D eigenvalue weighted by molar-refractivity contribution is 0.0941. The molecule has 1 saturated carbocycles. The molecule has 78 valence electrons. The van der Waals surface area contributed by atoms with Crippen LogP contribution in [-0.4, -0.2) is 37.4 Å². The zero-order chi connectivity index (χ0) is 10.3. The number of tetrazole rings is 1. The summed E-state index contributed by atoms with van der Waals surface area (Å²) >= 11 is 0. The number of nitrogens with zero attached hydrogens (tertiary/aromatic N) is 5. The first-order chi connectivity index (χ1) is 7.31. The van der Waals surface area contributed by atoms with E-state index in [0.29, 0.717) is 11.5 Å². The fourth-order valence-corrected chi connectivity index (χ4v) is 1.57. The van der Waals surface area contributed by atoms with Crippen molar-refractivity contribution in [3.8, 4) is 5.88 Å². The van der Waals surface area contributed by atoms with E-state index in [1.165, 1.54) is 4.63 Å². The van der Waals surface area contributed by atoms with Gasteiger partial charge in [0, 0.05) is 12.1 Å². The predicted octanol–water partition coefficient (Wildman–Crippen LogP) is -0.612. The predicted molar refractivity (Wildman–Crippen MR) is 50.2 cm³/mol. The maximum atomic E-state index is 5.66. The van der Waals surface area contributed by atoms with E-state index in [1.54, 1.807) is 12.1 Å². The van der Waals surface area contributed by atoms with Crippen LogP contribution in [0.5, 0.6) is 5.88 Å². The van der Waals surface area contributed by atoms with Gasteiger partial charge in [0.25, 0.3) is 0 Å². The molecule has 3 rings (SSSR count). The Balaban J connectivity index is 1.79. The van der Waals surface area contributed by atoms with E-state index in [4.69, 9.17) is 10.5 Å². The first-order valence-corrected chi connectivity index (χ1v) is 4.79. The van der Waals surface area contributed by atoms with Crippen LogP contribution in [0, 0.1) is 0 Å². The Labute approximate surface area is 85.2 Å². The summed E-state index contributed by atoms with van der Waals surface area (Å²) in [6.07, 6.45) is 1.95. The van der Waals surface area contributed by atoms with E-state index >= 15 is 0 Å². The Kier molecular flexibility index (Phi) is 1.78. The van der Waals surface area contributed by atoms with Crippen LogP contribution in [-0.2, 0) is 0 Å². The van der Waals surface area contributed by atoms with Crippen molar-refractivity contribution in [2.75, 3.05) is 0 Å². The van der Waals surface area contributed by atoms with Crippen molar-refractivity contribution in [2.24, 2.45) is 5.73 Å². The number of hydrogen-bond acceptors (Lipinski definition) is 6. The number of fused-ring (bicyclic) bond motifs is 1. The van der Waals surface area contributed by atoms with E-state index < -0.39 is 0 Å². The second kappa shape index (κ2) is 3.13. The molecule has 0 atom stereocenters. The maximum absolute atomic E-state index is 5.66. The second-order valence-corrected chi connectivity index (χ2v) is 3.67. The molecule has 2 aromatic rings. The average Bonchev–Trinajstić information content (AvgIpc) is 2.62. The molecule has 2 N–H and O–H groups in total. The van der Waals surface area contributed by atoms with Crippen LogP contribution in [0.3, 0.4) is 0 Å². The Bertz CT molecular complexity index is 477. The number of ether oxygens (including phenoxy) is 1. The van der Waals surface area contributed by atoms with Crippen molar-refractivity contribution in [2.45, 2.75) is 25.0 Å². The van der Waals surface area contributed by atoms with Gasteiger partial charge in [-0.05, 0) is 29.3 Å². The van der Waals surface area contributed by atoms with Gasteiger partial charge < -0.3 is 10.5 Å². The minimum atomic E-state index is 0.182. The quantitative estimate of drug-likeness (QED) is 0.704. The van der Waals surface area contributed by atoms with Crippen molar-refractivity contribution < 1.29 is 4.74 Å².